The van der Waals surface area contributed by atoms with E-state index in [1.807, 2.05) is 0 Å². The highest BCUT2D eigenvalue weighted by Gasteiger charge is 2.40. The van der Waals surface area contributed by atoms with Crippen molar-refractivity contribution in [2.24, 2.45) is 0 Å². The Balaban J connectivity index is 2.32. The van der Waals surface area contributed by atoms with Crippen molar-refractivity contribution in [1.29, 1.82) is 0 Å². The van der Waals surface area contributed by atoms with Gasteiger partial charge in [0.15, 0.2) is 5.78 Å². The van der Waals surface area contributed by atoms with Gasteiger partial charge in [-0.3, -0.25) is 4.79 Å². The van der Waals surface area contributed by atoms with Crippen LogP contribution in [0.5, 0.6) is 5.75 Å². The summed E-state index contributed by atoms with van der Waals surface area (Å²) in [6.45, 7) is 1.78. The Morgan fingerprint density at radius 2 is 2.05 bits per heavy atom. The minimum Gasteiger partial charge on any atom is -0.405 e. The molecule has 1 saturated heterocycles. The molecule has 2 nitrogen and oxygen atoms in total. The normalized spacial score (nSPS) is 23.4. The molecule has 1 atom stereocenters. The summed E-state index contributed by atoms with van der Waals surface area (Å²) in [6, 6.07) is 5.51. The van der Waals surface area contributed by atoms with Crippen molar-refractivity contribution < 1.29 is 22.7 Å². The van der Waals surface area contributed by atoms with Gasteiger partial charge >= 0.3 is 6.36 Å². The lowest BCUT2D eigenvalue weighted by Gasteiger charge is -2.22. The largest absolute Gasteiger partial charge is 0.573 e. The van der Waals surface area contributed by atoms with Crippen LogP contribution in [0.25, 0.3) is 0 Å². The zero-order valence-corrected chi connectivity index (χ0v) is 11.1. The molecular weight excluding hydrogens is 277 g/mol. The van der Waals surface area contributed by atoms with Crippen LogP contribution in [0.2, 0.25) is 0 Å². The summed E-state index contributed by atoms with van der Waals surface area (Å²) >= 11 is 1.49. The van der Waals surface area contributed by atoms with E-state index in [0.29, 0.717) is 6.42 Å². The summed E-state index contributed by atoms with van der Waals surface area (Å²) in [5.74, 6) is 0.133. The van der Waals surface area contributed by atoms with Crippen LogP contribution in [0, 0.1) is 0 Å². The lowest BCUT2D eigenvalue weighted by molar-refractivity contribution is -0.274. The molecule has 0 aliphatic carbocycles. The monoisotopic (exact) mass is 290 g/mol. The van der Waals surface area contributed by atoms with Crippen LogP contribution in [0.1, 0.15) is 30.1 Å². The molecule has 2 rings (SSSR count). The molecule has 0 bridgehead atoms. The predicted octanol–water partition coefficient (Wildman–Crippen LogP) is 4.05. The molecular formula is C13H13F3O2S. The first-order chi connectivity index (χ1) is 8.82. The van der Waals surface area contributed by atoms with Gasteiger partial charge in [-0.05, 0) is 37.7 Å². The van der Waals surface area contributed by atoms with Crippen molar-refractivity contribution in [3.63, 3.8) is 0 Å². The minimum atomic E-state index is -4.79. The molecule has 19 heavy (non-hydrogen) atoms. The Hall–Kier alpha value is -1.17. The number of benzene rings is 1. The van der Waals surface area contributed by atoms with Crippen molar-refractivity contribution >= 4 is 17.5 Å². The number of thioether (sulfide) groups is 1. The van der Waals surface area contributed by atoms with Gasteiger partial charge in [0.05, 0.1) is 10.3 Å². The number of alkyl halides is 3. The Bertz CT molecular complexity index is 479. The van der Waals surface area contributed by atoms with Crippen LogP contribution in [0.3, 0.4) is 0 Å². The third-order valence-electron chi connectivity index (χ3n) is 3.06. The number of Topliss-reactive ketones (excluding diaryl/α,β-unsaturated/α-hetero) is 1. The Morgan fingerprint density at radius 3 is 2.63 bits per heavy atom. The van der Waals surface area contributed by atoms with Crippen molar-refractivity contribution in [1.82, 2.24) is 0 Å². The number of carbonyl (C=O) groups excluding carboxylic acids is 1. The maximum atomic E-state index is 12.4. The highest BCUT2D eigenvalue weighted by atomic mass is 32.2. The average molecular weight is 290 g/mol. The quantitative estimate of drug-likeness (QED) is 0.785. The zero-order chi connectivity index (χ0) is 14.1. The summed E-state index contributed by atoms with van der Waals surface area (Å²) < 4.78 is 40.2. The maximum Gasteiger partial charge on any atom is 0.573 e. The second kappa shape index (κ2) is 5.07. The summed E-state index contributed by atoms with van der Waals surface area (Å²) in [7, 11) is 0. The third kappa shape index (κ3) is 3.23. The van der Waals surface area contributed by atoms with Gasteiger partial charge in [0.2, 0.25) is 0 Å². The van der Waals surface area contributed by atoms with E-state index in [9.17, 15) is 18.0 Å². The summed E-state index contributed by atoms with van der Waals surface area (Å²) in [5, 5.41) is 0. The van der Waals surface area contributed by atoms with Gasteiger partial charge < -0.3 is 4.74 Å². The van der Waals surface area contributed by atoms with Gasteiger partial charge in [0.25, 0.3) is 0 Å². The second-order valence-corrected chi connectivity index (χ2v) is 6.15. The molecule has 1 aromatic rings. The molecule has 0 radical (unpaired) electrons. The third-order valence-corrected chi connectivity index (χ3v) is 4.58. The van der Waals surface area contributed by atoms with Crippen molar-refractivity contribution in [3.05, 3.63) is 29.8 Å². The minimum absolute atomic E-state index is 0.00303. The number of ether oxygens (including phenoxy) is 1. The fourth-order valence-electron chi connectivity index (χ4n) is 2.11. The number of para-hydroxylation sites is 1. The molecule has 6 heteroatoms. The Kier molecular flexibility index (Phi) is 3.80. The van der Waals surface area contributed by atoms with Crippen LogP contribution in [-0.4, -0.2) is 22.6 Å². The maximum absolute atomic E-state index is 12.4. The molecule has 1 aromatic carbocycles. The zero-order valence-electron chi connectivity index (χ0n) is 10.3. The van der Waals surface area contributed by atoms with Gasteiger partial charge in [-0.2, -0.15) is 0 Å². The molecule has 0 spiro atoms. The standard InChI is InChI=1S/C13H13F3O2S/c1-12(7-4-8-19-12)11(17)9-5-2-3-6-10(9)18-13(14,15)16/h2-3,5-6H,4,7-8H2,1H3. The smallest absolute Gasteiger partial charge is 0.405 e. The molecule has 0 amide bonds. The summed E-state index contributed by atoms with van der Waals surface area (Å²) in [6.07, 6.45) is -3.22. The van der Waals surface area contributed by atoms with E-state index in [2.05, 4.69) is 4.74 Å². The molecule has 0 N–H and O–H groups in total. The molecule has 104 valence electrons. The number of rotatable bonds is 3. The molecule has 1 unspecified atom stereocenters. The van der Waals surface area contributed by atoms with Crippen molar-refractivity contribution in [3.8, 4) is 5.75 Å². The fourth-order valence-corrected chi connectivity index (χ4v) is 3.38. The second-order valence-electron chi connectivity index (χ2n) is 4.56. The molecule has 0 saturated carbocycles. The Morgan fingerprint density at radius 1 is 1.37 bits per heavy atom. The number of hydrogen-bond donors (Lipinski definition) is 0. The van der Waals surface area contributed by atoms with Gasteiger partial charge in [-0.1, -0.05) is 12.1 Å². The Labute approximate surface area is 113 Å². The summed E-state index contributed by atoms with van der Waals surface area (Å²) in [5.41, 5.74) is -0.00303. The van der Waals surface area contributed by atoms with E-state index in [4.69, 9.17) is 0 Å². The molecule has 0 aromatic heterocycles. The molecule has 1 fully saturated rings. The van der Waals surface area contributed by atoms with E-state index in [-0.39, 0.29) is 11.3 Å². The van der Waals surface area contributed by atoms with E-state index in [0.717, 1.165) is 12.2 Å². The van der Waals surface area contributed by atoms with E-state index < -0.39 is 16.9 Å². The lowest BCUT2D eigenvalue weighted by atomic mass is 9.94. The van der Waals surface area contributed by atoms with Crippen LogP contribution in [0.4, 0.5) is 13.2 Å². The first-order valence-electron chi connectivity index (χ1n) is 5.85. The lowest BCUT2D eigenvalue weighted by Crippen LogP contribution is -2.30. The number of halogens is 3. The number of carbonyl (C=O) groups is 1. The summed E-state index contributed by atoms with van der Waals surface area (Å²) in [4.78, 5) is 12.4. The van der Waals surface area contributed by atoms with Gasteiger partial charge in [-0.25, -0.2) is 0 Å². The molecule has 1 aliphatic rings. The average Bonchev–Trinajstić information content (AvgIpc) is 2.75. The van der Waals surface area contributed by atoms with E-state index >= 15 is 0 Å². The highest BCUT2D eigenvalue weighted by molar-refractivity contribution is 8.01. The van der Waals surface area contributed by atoms with Crippen LogP contribution in [-0.2, 0) is 0 Å². The van der Waals surface area contributed by atoms with Crippen molar-refractivity contribution in [2.75, 3.05) is 5.75 Å². The van der Waals surface area contributed by atoms with Crippen LogP contribution >= 0.6 is 11.8 Å². The molecule has 1 aliphatic heterocycles. The van der Waals surface area contributed by atoms with Gasteiger partial charge in [0.1, 0.15) is 5.75 Å². The van der Waals surface area contributed by atoms with Crippen LogP contribution in [0.15, 0.2) is 24.3 Å². The topological polar surface area (TPSA) is 26.3 Å². The highest BCUT2D eigenvalue weighted by Crippen LogP contribution is 2.42. The fraction of sp³-hybridized carbons (Fsp3) is 0.462. The first kappa shape index (κ1) is 14.2. The van der Waals surface area contributed by atoms with E-state index in [1.165, 1.54) is 30.0 Å². The molecule has 1 heterocycles. The van der Waals surface area contributed by atoms with Crippen LogP contribution < -0.4 is 4.74 Å². The SMILES string of the molecule is CC1(C(=O)c2ccccc2OC(F)(F)F)CCCS1. The van der Waals surface area contributed by atoms with Gasteiger partial charge in [-0.15, -0.1) is 24.9 Å². The van der Waals surface area contributed by atoms with E-state index in [1.54, 1.807) is 13.0 Å². The van der Waals surface area contributed by atoms with Gasteiger partial charge in [0, 0.05) is 0 Å². The predicted molar refractivity (Wildman–Crippen MR) is 67.6 cm³/mol. The number of ketones is 1. The first-order valence-corrected chi connectivity index (χ1v) is 6.84. The van der Waals surface area contributed by atoms with Crippen molar-refractivity contribution in [2.45, 2.75) is 30.9 Å². The number of hydrogen-bond acceptors (Lipinski definition) is 3.